The second kappa shape index (κ2) is 7.66. The number of Topliss-reactive ketones (excluding diaryl/α,β-unsaturated/α-hetero) is 1. The van der Waals surface area contributed by atoms with E-state index in [2.05, 4.69) is 25.1 Å². The summed E-state index contributed by atoms with van der Waals surface area (Å²) in [7, 11) is 0. The Hall–Kier alpha value is -2.25. The van der Waals surface area contributed by atoms with Gasteiger partial charge in [-0.1, -0.05) is 36.8 Å². The third kappa shape index (κ3) is 3.12. The zero-order valence-corrected chi connectivity index (χ0v) is 19.1. The number of nitriles is 1. The lowest BCUT2D eigenvalue weighted by Gasteiger charge is -2.58. The summed E-state index contributed by atoms with van der Waals surface area (Å²) >= 11 is 0. The van der Waals surface area contributed by atoms with Crippen molar-refractivity contribution in [1.82, 2.24) is 0 Å². The number of nitrogens with zero attached hydrogens (tertiary/aromatic N) is 1. The fourth-order valence-electron chi connectivity index (χ4n) is 8.13. The predicted molar refractivity (Wildman–Crippen MR) is 122 cm³/mol. The van der Waals surface area contributed by atoms with Crippen LogP contribution in [-0.4, -0.2) is 22.3 Å². The number of carbonyl (C=O) groups is 2. The lowest BCUT2D eigenvalue weighted by atomic mass is 9.46. The predicted octanol–water partition coefficient (Wildman–Crippen LogP) is 5.37. The molecular weight excluding hydrogens is 398 g/mol. The summed E-state index contributed by atoms with van der Waals surface area (Å²) in [6.45, 7) is 3.82. The number of aliphatic hydroxyl groups is 1. The van der Waals surface area contributed by atoms with E-state index in [0.29, 0.717) is 36.5 Å². The van der Waals surface area contributed by atoms with Crippen LogP contribution in [0.2, 0.25) is 0 Å². The standard InChI is InChI=1S/C28H33NO3/c1-17(30)18-3-5-19(6-4-18)24-16-27(2)25(11-12-28(27,32)13-14-29)23-9-7-20-15-21(31)8-10-22(20)26(23)24/h3-6,15,22-26,32H,7-13,16H2,1-2H3/t22-,23-,24+,25+,26+,27-,28-/m0/s1. The molecule has 5 rings (SSSR count). The highest BCUT2D eigenvalue weighted by atomic mass is 16.3. The van der Waals surface area contributed by atoms with Crippen LogP contribution < -0.4 is 0 Å². The lowest BCUT2D eigenvalue weighted by Crippen LogP contribution is -2.55. The Labute approximate surface area is 190 Å². The van der Waals surface area contributed by atoms with Gasteiger partial charge in [0.1, 0.15) is 0 Å². The zero-order chi connectivity index (χ0) is 22.7. The number of fused-ring (bicyclic) bond motifs is 5. The normalized spacial score (nSPS) is 40.5. The molecule has 1 N–H and O–H groups in total. The first-order valence-corrected chi connectivity index (χ1v) is 12.2. The Bertz CT molecular complexity index is 1020. The molecule has 32 heavy (non-hydrogen) atoms. The van der Waals surface area contributed by atoms with Crippen molar-refractivity contribution in [3.63, 3.8) is 0 Å². The highest BCUT2D eigenvalue weighted by molar-refractivity contribution is 5.94. The maximum atomic E-state index is 12.1. The molecule has 1 aromatic carbocycles. The SMILES string of the molecule is CC(=O)c1ccc([C@H]2C[C@@]3(C)[C@H](CC[C@]3(O)CC#N)[C@@H]3CCC4=CC(=O)CC[C@@H]4[C@H]32)cc1. The third-order valence-corrected chi connectivity index (χ3v) is 9.74. The molecule has 4 aliphatic rings. The Morgan fingerprint density at radius 1 is 1.16 bits per heavy atom. The average Bonchev–Trinajstić information content (AvgIpc) is 3.03. The molecule has 168 valence electrons. The smallest absolute Gasteiger partial charge is 0.159 e. The van der Waals surface area contributed by atoms with Gasteiger partial charge in [-0.05, 0) is 86.7 Å². The van der Waals surface area contributed by atoms with E-state index in [-0.39, 0.29) is 29.3 Å². The van der Waals surface area contributed by atoms with Gasteiger partial charge < -0.3 is 5.11 Å². The van der Waals surface area contributed by atoms with Crippen LogP contribution in [-0.2, 0) is 4.79 Å². The Morgan fingerprint density at radius 2 is 1.91 bits per heavy atom. The van der Waals surface area contributed by atoms with Gasteiger partial charge in [-0.2, -0.15) is 5.26 Å². The first-order chi connectivity index (χ1) is 15.3. The van der Waals surface area contributed by atoms with Crippen LogP contribution in [0.15, 0.2) is 35.9 Å². The van der Waals surface area contributed by atoms with Gasteiger partial charge in [0, 0.05) is 17.4 Å². The molecule has 0 saturated heterocycles. The summed E-state index contributed by atoms with van der Waals surface area (Å²) in [6.07, 6.45) is 8.26. The molecule has 0 heterocycles. The molecule has 0 radical (unpaired) electrons. The number of rotatable bonds is 3. The number of carbonyl (C=O) groups excluding carboxylic acids is 2. The molecule has 0 spiro atoms. The minimum Gasteiger partial charge on any atom is -0.388 e. The molecule has 0 amide bonds. The quantitative estimate of drug-likeness (QED) is 0.653. The maximum Gasteiger partial charge on any atom is 0.159 e. The molecule has 0 aliphatic heterocycles. The van der Waals surface area contributed by atoms with E-state index in [4.69, 9.17) is 0 Å². The molecule has 4 heteroatoms. The largest absolute Gasteiger partial charge is 0.388 e. The van der Waals surface area contributed by atoms with E-state index in [0.717, 1.165) is 37.7 Å². The zero-order valence-electron chi connectivity index (χ0n) is 19.1. The van der Waals surface area contributed by atoms with Crippen molar-refractivity contribution < 1.29 is 14.7 Å². The van der Waals surface area contributed by atoms with Gasteiger partial charge in [0.15, 0.2) is 11.6 Å². The second-order valence-electron chi connectivity index (χ2n) is 11.0. The minimum atomic E-state index is -0.937. The molecule has 3 saturated carbocycles. The van der Waals surface area contributed by atoms with Crippen LogP contribution in [0.1, 0.15) is 87.1 Å². The molecule has 1 aromatic rings. The summed E-state index contributed by atoms with van der Waals surface area (Å²) < 4.78 is 0. The van der Waals surface area contributed by atoms with E-state index >= 15 is 0 Å². The number of hydrogen-bond acceptors (Lipinski definition) is 4. The van der Waals surface area contributed by atoms with E-state index in [1.807, 2.05) is 18.2 Å². The number of ketones is 2. The Balaban J connectivity index is 1.60. The van der Waals surface area contributed by atoms with Crippen molar-refractivity contribution in [2.75, 3.05) is 0 Å². The number of hydrogen-bond donors (Lipinski definition) is 1. The monoisotopic (exact) mass is 431 g/mol. The molecule has 0 bridgehead atoms. The fourth-order valence-corrected chi connectivity index (χ4v) is 8.13. The molecule has 3 fully saturated rings. The lowest BCUT2D eigenvalue weighted by molar-refractivity contribution is -0.125. The molecule has 4 aliphatic carbocycles. The van der Waals surface area contributed by atoms with Gasteiger partial charge in [0.05, 0.1) is 18.1 Å². The maximum absolute atomic E-state index is 12.1. The molecule has 4 nitrogen and oxygen atoms in total. The van der Waals surface area contributed by atoms with Gasteiger partial charge in [-0.3, -0.25) is 9.59 Å². The second-order valence-corrected chi connectivity index (χ2v) is 11.0. The van der Waals surface area contributed by atoms with Gasteiger partial charge >= 0.3 is 0 Å². The van der Waals surface area contributed by atoms with E-state index < -0.39 is 5.60 Å². The topological polar surface area (TPSA) is 78.2 Å². The minimum absolute atomic E-state index is 0.0676. The summed E-state index contributed by atoms with van der Waals surface area (Å²) in [5.41, 5.74) is 2.06. The van der Waals surface area contributed by atoms with E-state index in [9.17, 15) is 20.0 Å². The van der Waals surface area contributed by atoms with Gasteiger partial charge in [0.2, 0.25) is 0 Å². The van der Waals surface area contributed by atoms with Crippen molar-refractivity contribution in [2.45, 2.75) is 76.7 Å². The summed E-state index contributed by atoms with van der Waals surface area (Å²) in [5.74, 6) is 2.38. The van der Waals surface area contributed by atoms with Crippen LogP contribution in [0.4, 0.5) is 0 Å². The molecular formula is C28H33NO3. The van der Waals surface area contributed by atoms with Gasteiger partial charge in [-0.25, -0.2) is 0 Å². The fraction of sp³-hybridized carbons (Fsp3) is 0.607. The van der Waals surface area contributed by atoms with Crippen LogP contribution in [0.5, 0.6) is 0 Å². The van der Waals surface area contributed by atoms with Crippen molar-refractivity contribution in [2.24, 2.45) is 29.1 Å². The average molecular weight is 432 g/mol. The van der Waals surface area contributed by atoms with Crippen molar-refractivity contribution in [1.29, 1.82) is 5.26 Å². The Morgan fingerprint density at radius 3 is 2.59 bits per heavy atom. The van der Waals surface area contributed by atoms with Crippen molar-refractivity contribution in [3.8, 4) is 6.07 Å². The summed E-state index contributed by atoms with van der Waals surface area (Å²) in [6, 6.07) is 10.3. The molecule has 0 aromatic heterocycles. The van der Waals surface area contributed by atoms with Crippen LogP contribution in [0.3, 0.4) is 0 Å². The van der Waals surface area contributed by atoms with Crippen LogP contribution in [0, 0.1) is 40.4 Å². The molecule has 7 atom stereocenters. The molecule has 0 unspecified atom stereocenters. The first kappa shape index (κ1) is 21.6. The number of allylic oxidation sites excluding steroid dienone is 1. The van der Waals surface area contributed by atoms with Gasteiger partial charge in [-0.15, -0.1) is 0 Å². The number of benzene rings is 1. The van der Waals surface area contributed by atoms with Crippen LogP contribution in [0.25, 0.3) is 0 Å². The van der Waals surface area contributed by atoms with Crippen molar-refractivity contribution >= 4 is 11.6 Å². The third-order valence-electron chi connectivity index (χ3n) is 9.74. The summed E-state index contributed by atoms with van der Waals surface area (Å²) in [5, 5.41) is 21.2. The van der Waals surface area contributed by atoms with Gasteiger partial charge in [0.25, 0.3) is 0 Å². The summed E-state index contributed by atoms with van der Waals surface area (Å²) in [4.78, 5) is 24.0. The van der Waals surface area contributed by atoms with E-state index in [1.54, 1.807) is 6.92 Å². The highest BCUT2D eigenvalue weighted by Crippen LogP contribution is 2.68. The van der Waals surface area contributed by atoms with Crippen molar-refractivity contribution in [3.05, 3.63) is 47.0 Å². The van der Waals surface area contributed by atoms with Crippen LogP contribution >= 0.6 is 0 Å². The highest BCUT2D eigenvalue weighted by Gasteiger charge is 2.64. The van der Waals surface area contributed by atoms with E-state index in [1.165, 1.54) is 11.1 Å². The Kier molecular flexibility index (Phi) is 5.17. The first-order valence-electron chi connectivity index (χ1n) is 12.2.